The van der Waals surface area contributed by atoms with Gasteiger partial charge in [-0.15, -0.1) is 0 Å². The molecule has 1 heterocycles. The molecule has 1 aromatic carbocycles. The molecular weight excluding hydrogens is 284 g/mol. The second kappa shape index (κ2) is 6.62. The predicted octanol–water partition coefficient (Wildman–Crippen LogP) is 2.36. The van der Waals surface area contributed by atoms with E-state index in [-0.39, 0.29) is 11.8 Å². The highest BCUT2D eigenvalue weighted by molar-refractivity contribution is 7.90. The van der Waals surface area contributed by atoms with Crippen LogP contribution in [-0.2, 0) is 22.8 Å². The zero-order valence-electron chi connectivity index (χ0n) is 12.7. The van der Waals surface area contributed by atoms with Crippen molar-refractivity contribution < 1.29 is 8.42 Å². The van der Waals surface area contributed by atoms with Gasteiger partial charge in [-0.1, -0.05) is 25.1 Å². The zero-order valence-corrected chi connectivity index (χ0v) is 13.6. The first kappa shape index (κ1) is 16.0. The van der Waals surface area contributed by atoms with Crippen LogP contribution in [0.25, 0.3) is 10.9 Å². The minimum atomic E-state index is -2.90. The topological polar surface area (TPSA) is 65.1 Å². The van der Waals surface area contributed by atoms with Gasteiger partial charge in [-0.3, -0.25) is 0 Å². The van der Waals surface area contributed by atoms with Crippen LogP contribution < -0.4 is 5.73 Å². The standard InChI is InChI=1S/C16H24N2O2S/c1-3-14(17)11-13-12-18(9-6-10-21(2,19)20)16-8-5-4-7-15(13)16/h4-5,7-8,12,14H,3,6,9-11,17H2,1-2H3. The Morgan fingerprint density at radius 2 is 2.00 bits per heavy atom. The summed E-state index contributed by atoms with van der Waals surface area (Å²) in [6.45, 7) is 2.81. The summed E-state index contributed by atoms with van der Waals surface area (Å²) in [6, 6.07) is 8.40. The molecule has 0 aliphatic carbocycles. The van der Waals surface area contributed by atoms with E-state index >= 15 is 0 Å². The van der Waals surface area contributed by atoms with Gasteiger partial charge in [-0.05, 0) is 30.9 Å². The lowest BCUT2D eigenvalue weighted by molar-refractivity contribution is 0.593. The van der Waals surface area contributed by atoms with Gasteiger partial charge in [0.05, 0.1) is 5.75 Å². The van der Waals surface area contributed by atoms with E-state index in [1.54, 1.807) is 0 Å². The molecule has 21 heavy (non-hydrogen) atoms. The third-order valence-corrected chi connectivity index (χ3v) is 4.82. The van der Waals surface area contributed by atoms with E-state index in [2.05, 4.69) is 29.8 Å². The number of aryl methyl sites for hydroxylation is 1. The van der Waals surface area contributed by atoms with Gasteiger partial charge in [0.15, 0.2) is 0 Å². The Balaban J connectivity index is 2.23. The van der Waals surface area contributed by atoms with Crippen molar-refractivity contribution in [3.05, 3.63) is 36.0 Å². The summed E-state index contributed by atoms with van der Waals surface area (Å²) in [5, 5.41) is 1.22. The van der Waals surface area contributed by atoms with Crippen LogP contribution in [0.15, 0.2) is 30.5 Å². The molecule has 2 N–H and O–H groups in total. The molecule has 2 rings (SSSR count). The molecule has 0 spiro atoms. The minimum absolute atomic E-state index is 0.167. The SMILES string of the molecule is CCC(N)Cc1cn(CCCS(C)(=O)=O)c2ccccc12. The Labute approximate surface area is 126 Å². The Bertz CT molecular complexity index is 704. The number of hydrogen-bond acceptors (Lipinski definition) is 3. The number of nitrogens with zero attached hydrogens (tertiary/aromatic N) is 1. The van der Waals surface area contributed by atoms with Crippen LogP contribution in [0.5, 0.6) is 0 Å². The Morgan fingerprint density at radius 1 is 1.29 bits per heavy atom. The van der Waals surface area contributed by atoms with Crippen molar-refractivity contribution in [3.8, 4) is 0 Å². The van der Waals surface area contributed by atoms with Crippen molar-refractivity contribution in [1.82, 2.24) is 4.57 Å². The van der Waals surface area contributed by atoms with Crippen LogP contribution in [0.4, 0.5) is 0 Å². The number of benzene rings is 1. The number of rotatable bonds is 7. The Hall–Kier alpha value is -1.33. The summed E-state index contributed by atoms with van der Waals surface area (Å²) in [5.74, 6) is 0.226. The number of hydrogen-bond donors (Lipinski definition) is 1. The first-order valence-electron chi connectivity index (χ1n) is 7.40. The number of sulfone groups is 1. The van der Waals surface area contributed by atoms with E-state index in [0.717, 1.165) is 24.9 Å². The van der Waals surface area contributed by atoms with Crippen LogP contribution in [0.2, 0.25) is 0 Å². The second-order valence-corrected chi connectivity index (χ2v) is 7.98. The Kier molecular flexibility index (Phi) is 5.06. The van der Waals surface area contributed by atoms with Crippen LogP contribution in [0, 0.1) is 0 Å². The number of nitrogens with two attached hydrogens (primary N) is 1. The van der Waals surface area contributed by atoms with E-state index in [1.165, 1.54) is 17.2 Å². The molecule has 0 fully saturated rings. The normalized spacial score (nSPS) is 13.7. The van der Waals surface area contributed by atoms with Crippen molar-refractivity contribution in [2.24, 2.45) is 5.73 Å². The van der Waals surface area contributed by atoms with Crippen molar-refractivity contribution in [3.63, 3.8) is 0 Å². The second-order valence-electron chi connectivity index (χ2n) is 5.72. The lowest BCUT2D eigenvalue weighted by atomic mass is 10.0. The van der Waals surface area contributed by atoms with Gasteiger partial charge in [0.25, 0.3) is 0 Å². The highest BCUT2D eigenvalue weighted by Crippen LogP contribution is 2.23. The van der Waals surface area contributed by atoms with Crippen LogP contribution >= 0.6 is 0 Å². The molecule has 1 atom stereocenters. The average molecular weight is 308 g/mol. The van der Waals surface area contributed by atoms with Gasteiger partial charge in [0, 0.05) is 35.9 Å². The molecule has 0 saturated heterocycles. The van der Waals surface area contributed by atoms with Crippen LogP contribution in [0.3, 0.4) is 0 Å². The monoisotopic (exact) mass is 308 g/mol. The third-order valence-electron chi connectivity index (χ3n) is 3.79. The lowest BCUT2D eigenvalue weighted by Crippen LogP contribution is -2.21. The first-order chi connectivity index (χ1) is 9.90. The van der Waals surface area contributed by atoms with Crippen molar-refractivity contribution in [1.29, 1.82) is 0 Å². The van der Waals surface area contributed by atoms with E-state index < -0.39 is 9.84 Å². The molecule has 2 aromatic rings. The molecule has 4 nitrogen and oxygen atoms in total. The molecule has 0 aliphatic rings. The number of fused-ring (bicyclic) bond motifs is 1. The fourth-order valence-corrected chi connectivity index (χ4v) is 3.25. The van der Waals surface area contributed by atoms with Crippen molar-refractivity contribution in [2.45, 2.75) is 38.8 Å². The fraction of sp³-hybridized carbons (Fsp3) is 0.500. The first-order valence-corrected chi connectivity index (χ1v) is 9.47. The van der Waals surface area contributed by atoms with Gasteiger partial charge in [0.1, 0.15) is 9.84 Å². The number of para-hydroxylation sites is 1. The summed E-state index contributed by atoms with van der Waals surface area (Å²) < 4.78 is 24.6. The fourth-order valence-electron chi connectivity index (χ4n) is 2.59. The third kappa shape index (κ3) is 4.32. The lowest BCUT2D eigenvalue weighted by Gasteiger charge is -2.06. The summed E-state index contributed by atoms with van der Waals surface area (Å²) >= 11 is 0. The van der Waals surface area contributed by atoms with Gasteiger partial charge in [-0.2, -0.15) is 0 Å². The van der Waals surface area contributed by atoms with E-state index in [1.807, 2.05) is 12.1 Å². The quantitative estimate of drug-likeness (QED) is 0.854. The maximum absolute atomic E-state index is 11.2. The summed E-state index contributed by atoms with van der Waals surface area (Å²) in [5.41, 5.74) is 8.48. The van der Waals surface area contributed by atoms with E-state index in [9.17, 15) is 8.42 Å². The molecule has 5 heteroatoms. The molecule has 0 amide bonds. The van der Waals surface area contributed by atoms with Gasteiger partial charge < -0.3 is 10.3 Å². The Morgan fingerprint density at radius 3 is 2.67 bits per heavy atom. The van der Waals surface area contributed by atoms with Gasteiger partial charge >= 0.3 is 0 Å². The van der Waals surface area contributed by atoms with Crippen LogP contribution in [-0.4, -0.2) is 31.0 Å². The van der Waals surface area contributed by atoms with Gasteiger partial charge in [0.2, 0.25) is 0 Å². The van der Waals surface area contributed by atoms with Crippen molar-refractivity contribution >= 4 is 20.7 Å². The number of aromatic nitrogens is 1. The minimum Gasteiger partial charge on any atom is -0.347 e. The molecule has 1 unspecified atom stereocenters. The predicted molar refractivity (Wildman–Crippen MR) is 88.2 cm³/mol. The molecule has 0 aliphatic heterocycles. The maximum atomic E-state index is 11.2. The molecule has 116 valence electrons. The average Bonchev–Trinajstić information content (AvgIpc) is 2.76. The van der Waals surface area contributed by atoms with E-state index in [4.69, 9.17) is 5.73 Å². The summed E-state index contributed by atoms with van der Waals surface area (Å²) in [7, 11) is -2.90. The molecular formula is C16H24N2O2S. The molecule has 0 bridgehead atoms. The van der Waals surface area contributed by atoms with Crippen molar-refractivity contribution in [2.75, 3.05) is 12.0 Å². The smallest absolute Gasteiger partial charge is 0.147 e. The largest absolute Gasteiger partial charge is 0.347 e. The van der Waals surface area contributed by atoms with E-state index in [0.29, 0.717) is 6.42 Å². The molecule has 0 radical (unpaired) electrons. The zero-order chi connectivity index (χ0) is 15.5. The maximum Gasteiger partial charge on any atom is 0.147 e. The highest BCUT2D eigenvalue weighted by atomic mass is 32.2. The summed E-state index contributed by atoms with van der Waals surface area (Å²) in [4.78, 5) is 0. The summed E-state index contributed by atoms with van der Waals surface area (Å²) in [6.07, 6.45) is 5.86. The highest BCUT2D eigenvalue weighted by Gasteiger charge is 2.11. The van der Waals surface area contributed by atoms with Gasteiger partial charge in [-0.25, -0.2) is 8.42 Å². The van der Waals surface area contributed by atoms with Crippen LogP contribution in [0.1, 0.15) is 25.3 Å². The molecule has 1 aromatic heterocycles. The molecule has 0 saturated carbocycles.